The fourth-order valence-electron chi connectivity index (χ4n) is 1.67. The second kappa shape index (κ2) is 6.95. The predicted molar refractivity (Wildman–Crippen MR) is 81.6 cm³/mol. The maximum atomic E-state index is 11.7. The lowest BCUT2D eigenvalue weighted by Crippen LogP contribution is -2.31. The van der Waals surface area contributed by atoms with Gasteiger partial charge in [0.2, 0.25) is 11.8 Å². The van der Waals surface area contributed by atoms with Crippen LogP contribution in [-0.4, -0.2) is 27.9 Å². The number of hydrogen-bond donors (Lipinski definition) is 1. The Morgan fingerprint density at radius 2 is 2.24 bits per heavy atom. The molecule has 0 radical (unpaired) electrons. The topological polar surface area (TPSA) is 68.0 Å². The zero-order valence-electron chi connectivity index (χ0n) is 11.8. The molecule has 1 N–H and O–H groups in total. The first kappa shape index (κ1) is 15.1. The van der Waals surface area contributed by atoms with Gasteiger partial charge in [-0.2, -0.15) is 0 Å². The van der Waals surface area contributed by atoms with Gasteiger partial charge in [-0.05, 0) is 25.5 Å². The molecule has 0 aliphatic carbocycles. The van der Waals surface area contributed by atoms with Crippen LogP contribution in [0.3, 0.4) is 0 Å². The van der Waals surface area contributed by atoms with Crippen LogP contribution in [-0.2, 0) is 4.79 Å². The molecule has 2 rings (SSSR count). The second-order valence-electron chi connectivity index (χ2n) is 4.37. The van der Waals surface area contributed by atoms with Gasteiger partial charge in [0.1, 0.15) is 0 Å². The molecule has 1 aromatic heterocycles. The van der Waals surface area contributed by atoms with Gasteiger partial charge in [-0.25, -0.2) is 0 Å². The molecule has 0 saturated carbocycles. The zero-order valence-corrected chi connectivity index (χ0v) is 12.6. The Balaban J connectivity index is 2.06. The number of hydrogen-bond acceptors (Lipinski definition) is 5. The van der Waals surface area contributed by atoms with Crippen molar-refractivity contribution in [2.45, 2.75) is 24.3 Å². The van der Waals surface area contributed by atoms with E-state index < -0.39 is 0 Å². The van der Waals surface area contributed by atoms with Crippen LogP contribution in [0.2, 0.25) is 0 Å². The highest BCUT2D eigenvalue weighted by atomic mass is 32.2. The molecule has 1 atom stereocenters. The number of aryl methyl sites for hydroxylation is 1. The summed E-state index contributed by atoms with van der Waals surface area (Å²) in [7, 11) is 0. The Bertz CT molecular complexity index is 676. The number of terminal acetylenes is 1. The van der Waals surface area contributed by atoms with E-state index in [1.54, 1.807) is 6.92 Å². The summed E-state index contributed by atoms with van der Waals surface area (Å²) in [5.74, 6) is 2.65. The number of rotatable bonds is 5. The Morgan fingerprint density at radius 1 is 1.48 bits per heavy atom. The highest BCUT2D eigenvalue weighted by molar-refractivity contribution is 8.00. The molecule has 0 bridgehead atoms. The molecule has 6 heteroatoms. The molecular weight excluding hydrogens is 286 g/mol. The minimum absolute atomic E-state index is 0.159. The second-order valence-corrected chi connectivity index (χ2v) is 5.66. The third kappa shape index (κ3) is 3.86. The lowest BCUT2D eigenvalue weighted by Gasteiger charge is -2.07. The summed E-state index contributed by atoms with van der Waals surface area (Å²) < 4.78 is 5.60. The summed E-state index contributed by atoms with van der Waals surface area (Å²) in [6.45, 7) is 3.94. The van der Waals surface area contributed by atoms with E-state index in [1.165, 1.54) is 11.8 Å². The maximum Gasteiger partial charge on any atom is 0.277 e. The third-order valence-corrected chi connectivity index (χ3v) is 3.73. The van der Waals surface area contributed by atoms with Gasteiger partial charge in [-0.15, -0.1) is 16.6 Å². The molecule has 2 aromatic rings. The molecular formula is C15H15N3O2S. The van der Waals surface area contributed by atoms with Gasteiger partial charge >= 0.3 is 0 Å². The number of thioether (sulfide) groups is 1. The van der Waals surface area contributed by atoms with Crippen molar-refractivity contribution in [2.24, 2.45) is 0 Å². The van der Waals surface area contributed by atoms with Gasteiger partial charge < -0.3 is 9.73 Å². The van der Waals surface area contributed by atoms with Crippen LogP contribution >= 0.6 is 11.8 Å². The molecule has 1 amide bonds. The van der Waals surface area contributed by atoms with Gasteiger partial charge in [0, 0.05) is 5.56 Å². The molecule has 1 heterocycles. The van der Waals surface area contributed by atoms with Crippen molar-refractivity contribution < 1.29 is 9.21 Å². The number of nitrogens with zero attached hydrogens (tertiary/aromatic N) is 2. The molecule has 0 saturated heterocycles. The van der Waals surface area contributed by atoms with E-state index in [2.05, 4.69) is 21.4 Å². The van der Waals surface area contributed by atoms with Gasteiger partial charge in [0.15, 0.2) is 0 Å². The van der Waals surface area contributed by atoms with Gasteiger partial charge in [0.25, 0.3) is 5.22 Å². The van der Waals surface area contributed by atoms with Crippen molar-refractivity contribution in [1.82, 2.24) is 15.5 Å². The van der Waals surface area contributed by atoms with Crippen LogP contribution in [0.1, 0.15) is 12.5 Å². The van der Waals surface area contributed by atoms with E-state index in [0.29, 0.717) is 11.1 Å². The van der Waals surface area contributed by atoms with Crippen molar-refractivity contribution in [2.75, 3.05) is 6.54 Å². The number of aromatic nitrogens is 2. The average molecular weight is 301 g/mol. The molecule has 1 unspecified atom stereocenters. The summed E-state index contributed by atoms with van der Waals surface area (Å²) in [5.41, 5.74) is 1.94. The molecule has 0 spiro atoms. The van der Waals surface area contributed by atoms with Crippen molar-refractivity contribution in [3.63, 3.8) is 0 Å². The number of nitrogens with one attached hydrogen (secondary N) is 1. The number of amides is 1. The first-order chi connectivity index (χ1) is 10.1. The summed E-state index contributed by atoms with van der Waals surface area (Å²) >= 11 is 1.20. The highest BCUT2D eigenvalue weighted by Crippen LogP contribution is 2.27. The van der Waals surface area contributed by atoms with E-state index in [9.17, 15) is 4.79 Å². The average Bonchev–Trinajstić information content (AvgIpc) is 2.93. The quantitative estimate of drug-likeness (QED) is 0.678. The van der Waals surface area contributed by atoms with Crippen molar-refractivity contribution >= 4 is 17.7 Å². The minimum Gasteiger partial charge on any atom is -0.411 e. The largest absolute Gasteiger partial charge is 0.411 e. The predicted octanol–water partition coefficient (Wildman–Crippen LogP) is 2.28. The van der Waals surface area contributed by atoms with Crippen molar-refractivity contribution in [3.05, 3.63) is 29.8 Å². The van der Waals surface area contributed by atoms with Crippen LogP contribution < -0.4 is 5.32 Å². The Morgan fingerprint density at radius 3 is 2.95 bits per heavy atom. The molecule has 0 aliphatic rings. The summed E-state index contributed by atoms with van der Waals surface area (Å²) in [5, 5.41) is 10.6. The smallest absolute Gasteiger partial charge is 0.277 e. The van der Waals surface area contributed by atoms with Gasteiger partial charge in [-0.3, -0.25) is 4.79 Å². The fourth-order valence-corrected chi connectivity index (χ4v) is 2.37. The van der Waals surface area contributed by atoms with Crippen LogP contribution in [0.5, 0.6) is 0 Å². The van der Waals surface area contributed by atoms with E-state index in [1.807, 2.05) is 31.2 Å². The van der Waals surface area contributed by atoms with Crippen molar-refractivity contribution in [1.29, 1.82) is 0 Å². The van der Waals surface area contributed by atoms with Crippen LogP contribution in [0, 0.1) is 19.3 Å². The number of carbonyl (C=O) groups excluding carboxylic acids is 1. The lowest BCUT2D eigenvalue weighted by atomic mass is 10.1. The minimum atomic E-state index is -0.358. The van der Waals surface area contributed by atoms with Crippen molar-refractivity contribution in [3.8, 4) is 23.8 Å². The molecule has 0 fully saturated rings. The monoisotopic (exact) mass is 301 g/mol. The maximum absolute atomic E-state index is 11.7. The van der Waals surface area contributed by atoms with E-state index in [0.717, 1.165) is 11.1 Å². The molecule has 5 nitrogen and oxygen atoms in total. The van der Waals surface area contributed by atoms with Crippen LogP contribution in [0.25, 0.3) is 11.5 Å². The summed E-state index contributed by atoms with van der Waals surface area (Å²) in [6, 6.07) is 7.75. The standard InChI is InChI=1S/C15H15N3O2S/c1-4-9-16-13(19)11(3)21-15-18-17-14(20-15)12-8-6-5-7-10(12)2/h1,5-8,11H,9H2,2-3H3,(H,16,19). The van der Waals surface area contributed by atoms with Crippen LogP contribution in [0.4, 0.5) is 0 Å². The first-order valence-electron chi connectivity index (χ1n) is 6.39. The number of carbonyl (C=O) groups is 1. The first-order valence-corrected chi connectivity index (χ1v) is 7.27. The summed E-state index contributed by atoms with van der Waals surface area (Å²) in [6.07, 6.45) is 5.10. The van der Waals surface area contributed by atoms with Gasteiger partial charge in [-0.1, -0.05) is 35.9 Å². The van der Waals surface area contributed by atoms with Crippen LogP contribution in [0.15, 0.2) is 33.9 Å². The van der Waals surface area contributed by atoms with E-state index >= 15 is 0 Å². The highest BCUT2D eigenvalue weighted by Gasteiger charge is 2.18. The summed E-state index contributed by atoms with van der Waals surface area (Å²) in [4.78, 5) is 11.7. The van der Waals surface area contributed by atoms with E-state index in [-0.39, 0.29) is 17.7 Å². The number of benzene rings is 1. The SMILES string of the molecule is C#CCNC(=O)C(C)Sc1nnc(-c2ccccc2C)o1. The Hall–Kier alpha value is -2.26. The fraction of sp³-hybridized carbons (Fsp3) is 0.267. The molecule has 21 heavy (non-hydrogen) atoms. The van der Waals surface area contributed by atoms with Gasteiger partial charge in [0.05, 0.1) is 11.8 Å². The third-order valence-electron chi connectivity index (χ3n) is 2.79. The lowest BCUT2D eigenvalue weighted by molar-refractivity contribution is -0.120. The zero-order chi connectivity index (χ0) is 15.2. The Kier molecular flexibility index (Phi) is 5.01. The molecule has 108 valence electrons. The normalized spacial score (nSPS) is 11.7. The molecule has 1 aromatic carbocycles. The van der Waals surface area contributed by atoms with E-state index in [4.69, 9.17) is 10.8 Å². The molecule has 0 aliphatic heterocycles. The Labute approximate surface area is 127 Å².